The first-order valence-electron chi connectivity index (χ1n) is 14.5. The Morgan fingerprint density at radius 3 is 1.98 bits per heavy atom. The Morgan fingerprint density at radius 1 is 1.00 bits per heavy atom. The number of aldehydes is 1. The molecule has 242 valence electrons. The van der Waals surface area contributed by atoms with Gasteiger partial charge >= 0.3 is 6.18 Å². The first kappa shape index (κ1) is 41.6. The number of carbonyl (C=O) groups excluding carboxylic acids is 1. The number of thiazole rings is 1. The second-order valence-corrected chi connectivity index (χ2v) is 10.6. The van der Waals surface area contributed by atoms with E-state index in [4.69, 9.17) is 10.2 Å². The molecular formula is C30H52F3N5O3S. The van der Waals surface area contributed by atoms with Crippen molar-refractivity contribution in [2.24, 2.45) is 5.92 Å². The number of rotatable bonds is 8. The van der Waals surface area contributed by atoms with Gasteiger partial charge in [-0.3, -0.25) is 0 Å². The van der Waals surface area contributed by atoms with Gasteiger partial charge in [0.2, 0.25) is 5.95 Å². The zero-order valence-electron chi connectivity index (χ0n) is 26.6. The minimum atomic E-state index is -4.36. The van der Waals surface area contributed by atoms with E-state index in [0.29, 0.717) is 29.4 Å². The van der Waals surface area contributed by atoms with Gasteiger partial charge in [-0.25, -0.2) is 9.97 Å². The standard InChI is InChI=1S/C19H24F3N5OS.C4H8.C3H8.2C2H6O/c1-10-12(3)29-17(24-10)15-11(2)25-18(23-9-19(20,21)22)27-16(15)26-14-5-4-13(8-14)6-7-28;1-3-4-2;1-3-2;2*1-2-3/h7,13-14H,4-6,8-9H2,1-3H3,(H2,23,25,26,27);3H,1,4H2,2H3;3H2,1-2H3;2*3H,2H2,1H3. The summed E-state index contributed by atoms with van der Waals surface area (Å²) in [7, 11) is 0. The Kier molecular flexibility index (Phi) is 23.7. The Hall–Kier alpha value is -2.57. The molecular weight excluding hydrogens is 567 g/mol. The van der Waals surface area contributed by atoms with Crippen molar-refractivity contribution in [1.29, 1.82) is 0 Å². The Morgan fingerprint density at radius 2 is 1.55 bits per heavy atom. The van der Waals surface area contributed by atoms with Crippen LogP contribution in [0.1, 0.15) is 89.4 Å². The van der Waals surface area contributed by atoms with Gasteiger partial charge in [0.15, 0.2) is 0 Å². The lowest BCUT2D eigenvalue weighted by atomic mass is 10.1. The highest BCUT2D eigenvalue weighted by atomic mass is 32.1. The van der Waals surface area contributed by atoms with Crippen molar-refractivity contribution in [3.63, 3.8) is 0 Å². The second kappa shape index (κ2) is 23.9. The van der Waals surface area contributed by atoms with Gasteiger partial charge in [0.05, 0.1) is 17.0 Å². The van der Waals surface area contributed by atoms with Crippen molar-refractivity contribution in [3.05, 3.63) is 28.9 Å². The van der Waals surface area contributed by atoms with E-state index in [1.165, 1.54) is 17.8 Å². The molecule has 1 fully saturated rings. The highest BCUT2D eigenvalue weighted by Crippen LogP contribution is 2.37. The third-order valence-electron chi connectivity index (χ3n) is 5.38. The zero-order chi connectivity index (χ0) is 32.7. The molecule has 8 nitrogen and oxygen atoms in total. The predicted octanol–water partition coefficient (Wildman–Crippen LogP) is 7.67. The van der Waals surface area contributed by atoms with Crippen LogP contribution in [-0.2, 0) is 4.79 Å². The number of hydrogen-bond donors (Lipinski definition) is 4. The number of carbonyl (C=O) groups is 1. The monoisotopic (exact) mass is 619 g/mol. The van der Waals surface area contributed by atoms with Gasteiger partial charge in [0, 0.05) is 30.6 Å². The first-order valence-corrected chi connectivity index (χ1v) is 15.3. The molecule has 2 atom stereocenters. The smallest absolute Gasteiger partial charge is 0.397 e. The van der Waals surface area contributed by atoms with Crippen LogP contribution in [0, 0.1) is 26.7 Å². The van der Waals surface area contributed by atoms with E-state index in [1.54, 1.807) is 20.8 Å². The van der Waals surface area contributed by atoms with Crippen molar-refractivity contribution < 1.29 is 28.2 Å². The molecule has 0 aliphatic heterocycles. The Labute approximate surface area is 254 Å². The molecule has 2 aromatic rings. The number of anilines is 2. The van der Waals surface area contributed by atoms with Gasteiger partial charge < -0.3 is 25.6 Å². The molecule has 2 heterocycles. The van der Waals surface area contributed by atoms with Crippen LogP contribution in [0.4, 0.5) is 24.9 Å². The predicted molar refractivity (Wildman–Crippen MR) is 169 cm³/mol. The summed E-state index contributed by atoms with van der Waals surface area (Å²) in [5.74, 6) is 0.731. The maximum atomic E-state index is 12.6. The van der Waals surface area contributed by atoms with Gasteiger partial charge in [-0.1, -0.05) is 33.3 Å². The topological polar surface area (TPSA) is 120 Å². The van der Waals surface area contributed by atoms with E-state index in [-0.39, 0.29) is 25.2 Å². The third kappa shape index (κ3) is 18.1. The number of hydrogen-bond acceptors (Lipinski definition) is 9. The number of nitrogens with one attached hydrogen (secondary N) is 2. The molecule has 0 amide bonds. The summed E-state index contributed by atoms with van der Waals surface area (Å²) in [6.45, 7) is 18.1. The van der Waals surface area contributed by atoms with E-state index in [0.717, 1.165) is 47.5 Å². The molecule has 1 aliphatic rings. The lowest BCUT2D eigenvalue weighted by Crippen LogP contribution is -2.23. The molecule has 0 spiro atoms. The Balaban J connectivity index is 0. The molecule has 0 bridgehead atoms. The van der Waals surface area contributed by atoms with Crippen LogP contribution in [0.5, 0.6) is 0 Å². The van der Waals surface area contributed by atoms with Gasteiger partial charge in [-0.2, -0.15) is 18.2 Å². The van der Waals surface area contributed by atoms with Crippen molar-refractivity contribution >= 4 is 29.4 Å². The Bertz CT molecular complexity index is 979. The molecule has 2 unspecified atom stereocenters. The molecule has 0 radical (unpaired) electrons. The number of aryl methyl sites for hydroxylation is 3. The highest BCUT2D eigenvalue weighted by Gasteiger charge is 2.29. The molecule has 0 aromatic carbocycles. The third-order valence-corrected chi connectivity index (χ3v) is 6.47. The molecule has 1 aliphatic carbocycles. The number of aliphatic hydroxyl groups excluding tert-OH is 2. The molecule has 3 rings (SSSR count). The van der Waals surface area contributed by atoms with Gasteiger partial charge in [0.1, 0.15) is 23.7 Å². The molecule has 0 saturated heterocycles. The summed E-state index contributed by atoms with van der Waals surface area (Å²) in [5, 5.41) is 21.5. The summed E-state index contributed by atoms with van der Waals surface area (Å²) < 4.78 is 37.8. The van der Waals surface area contributed by atoms with Gasteiger partial charge in [-0.05, 0) is 66.2 Å². The van der Waals surface area contributed by atoms with Crippen LogP contribution < -0.4 is 10.6 Å². The van der Waals surface area contributed by atoms with Crippen molar-refractivity contribution in [3.8, 4) is 10.6 Å². The molecule has 1 saturated carbocycles. The number of aliphatic hydroxyl groups is 2. The van der Waals surface area contributed by atoms with E-state index in [9.17, 15) is 18.0 Å². The van der Waals surface area contributed by atoms with E-state index in [1.807, 2.05) is 19.9 Å². The number of allylic oxidation sites excluding steroid dienone is 1. The average Bonchev–Trinajstić information content (AvgIpc) is 3.49. The normalized spacial score (nSPS) is 15.3. The summed E-state index contributed by atoms with van der Waals surface area (Å²) in [6, 6.07) is 0.102. The largest absolute Gasteiger partial charge is 0.405 e. The fraction of sp³-hybridized carbons (Fsp3) is 0.667. The quantitative estimate of drug-likeness (QED) is 0.176. The lowest BCUT2D eigenvalue weighted by molar-refractivity contribution is -0.115. The van der Waals surface area contributed by atoms with E-state index >= 15 is 0 Å². The average molecular weight is 620 g/mol. The van der Waals surface area contributed by atoms with Crippen LogP contribution in [0.3, 0.4) is 0 Å². The number of halogens is 3. The van der Waals surface area contributed by atoms with Crippen LogP contribution in [0.15, 0.2) is 12.7 Å². The van der Waals surface area contributed by atoms with Gasteiger partial charge in [-0.15, -0.1) is 17.9 Å². The van der Waals surface area contributed by atoms with Gasteiger partial charge in [0.25, 0.3) is 0 Å². The maximum Gasteiger partial charge on any atom is 0.405 e. The molecule has 4 N–H and O–H groups in total. The minimum absolute atomic E-state index is 0.0708. The minimum Gasteiger partial charge on any atom is -0.397 e. The van der Waals surface area contributed by atoms with Crippen LogP contribution in [-0.4, -0.2) is 63.4 Å². The van der Waals surface area contributed by atoms with E-state index in [2.05, 4.69) is 52.9 Å². The van der Waals surface area contributed by atoms with Crippen molar-refractivity contribution in [1.82, 2.24) is 15.0 Å². The summed E-state index contributed by atoms with van der Waals surface area (Å²) >= 11 is 1.51. The summed E-state index contributed by atoms with van der Waals surface area (Å²) in [5.41, 5.74) is 2.17. The summed E-state index contributed by atoms with van der Waals surface area (Å²) in [6.07, 6.45) is 3.94. The van der Waals surface area contributed by atoms with E-state index < -0.39 is 12.7 Å². The fourth-order valence-electron chi connectivity index (χ4n) is 3.52. The lowest BCUT2D eigenvalue weighted by Gasteiger charge is -2.18. The molecule has 12 heteroatoms. The van der Waals surface area contributed by atoms with Crippen LogP contribution in [0.2, 0.25) is 0 Å². The SMILES string of the molecule is C=CCC.CCC.CCO.CCO.Cc1nc(-c2c(C)nc(NCC(F)(F)F)nc2NC2CCC(CC=O)C2)sc1C. The second-order valence-electron chi connectivity index (χ2n) is 9.44. The van der Waals surface area contributed by atoms with Crippen molar-refractivity contribution in [2.45, 2.75) is 106 Å². The highest BCUT2D eigenvalue weighted by molar-refractivity contribution is 7.15. The maximum absolute atomic E-state index is 12.6. The molecule has 42 heavy (non-hydrogen) atoms. The van der Waals surface area contributed by atoms with Crippen LogP contribution in [0.25, 0.3) is 10.6 Å². The van der Waals surface area contributed by atoms with Crippen molar-refractivity contribution in [2.75, 3.05) is 30.4 Å². The number of aromatic nitrogens is 3. The number of alkyl halides is 3. The molecule has 2 aromatic heterocycles. The zero-order valence-corrected chi connectivity index (χ0v) is 27.4. The summed E-state index contributed by atoms with van der Waals surface area (Å²) in [4.78, 5) is 25.0. The first-order chi connectivity index (χ1) is 19.8. The van der Waals surface area contributed by atoms with Crippen LogP contribution >= 0.6 is 11.3 Å². The fourth-order valence-corrected chi connectivity index (χ4v) is 4.53. The number of nitrogens with zero attached hydrogens (tertiary/aromatic N) is 3.